The molecule has 3 rings (SSSR count). The first kappa shape index (κ1) is 13.4. The van der Waals surface area contributed by atoms with Crippen LogP contribution in [0.5, 0.6) is 0 Å². The van der Waals surface area contributed by atoms with E-state index in [1.165, 1.54) is 12.4 Å². The number of hydrogen-bond donors (Lipinski definition) is 2. The number of fused-ring (bicyclic) bond motifs is 1. The van der Waals surface area contributed by atoms with E-state index in [1.54, 1.807) is 0 Å². The van der Waals surface area contributed by atoms with Crippen LogP contribution >= 0.6 is 0 Å². The van der Waals surface area contributed by atoms with Crippen LogP contribution in [0.25, 0.3) is 5.82 Å². The Labute approximate surface area is 117 Å². The van der Waals surface area contributed by atoms with Crippen molar-refractivity contribution >= 4 is 5.97 Å². The van der Waals surface area contributed by atoms with Gasteiger partial charge in [0.1, 0.15) is 5.69 Å². The number of aromatic nitrogens is 4. The van der Waals surface area contributed by atoms with Crippen molar-refractivity contribution in [2.24, 2.45) is 0 Å². The zero-order chi connectivity index (χ0) is 15.2. The van der Waals surface area contributed by atoms with Crippen molar-refractivity contribution < 1.29 is 28.6 Å². The summed E-state index contributed by atoms with van der Waals surface area (Å²) in [6.45, 7) is 0. The summed E-state index contributed by atoms with van der Waals surface area (Å²) in [6, 6.07) is 0. The average Bonchev–Trinajstić information content (AvgIpc) is 2.79. The van der Waals surface area contributed by atoms with Crippen molar-refractivity contribution in [2.45, 2.75) is 25.2 Å². The molecule has 0 saturated carbocycles. The fourth-order valence-corrected chi connectivity index (χ4v) is 2.49. The van der Waals surface area contributed by atoms with Crippen LogP contribution in [-0.2, 0) is 12.3 Å². The highest BCUT2D eigenvalue weighted by molar-refractivity contribution is 5.87. The molecule has 0 radical (unpaired) electrons. The number of carboxylic acid groups (broad SMARTS) is 1. The predicted molar refractivity (Wildman–Crippen MR) is 62.5 cm³/mol. The smallest absolute Gasteiger partial charge is 0.356 e. The minimum Gasteiger partial charge on any atom is -0.476 e. The van der Waals surface area contributed by atoms with Gasteiger partial charge in [0.05, 0.1) is 6.20 Å². The van der Waals surface area contributed by atoms with E-state index in [1.807, 2.05) is 0 Å². The SMILES string of the molecule is O=C(O)c1nn(-c2c[n+](O)ccn2)c2c1CCCC2(F)F. The van der Waals surface area contributed by atoms with Crippen LogP contribution in [-0.4, -0.2) is 31.0 Å². The maximum absolute atomic E-state index is 14.2. The van der Waals surface area contributed by atoms with E-state index in [-0.39, 0.29) is 30.6 Å². The summed E-state index contributed by atoms with van der Waals surface area (Å²) in [4.78, 5) is 15.0. The second-order valence-electron chi connectivity index (χ2n) is 4.75. The molecule has 2 aromatic heterocycles. The van der Waals surface area contributed by atoms with E-state index in [9.17, 15) is 18.8 Å². The summed E-state index contributed by atoms with van der Waals surface area (Å²) in [5.41, 5.74) is -0.849. The van der Waals surface area contributed by atoms with E-state index in [2.05, 4.69) is 10.1 Å². The van der Waals surface area contributed by atoms with Gasteiger partial charge in [-0.05, 0) is 12.8 Å². The number of carbonyl (C=O) groups is 1. The number of alkyl halides is 2. The van der Waals surface area contributed by atoms with Gasteiger partial charge >= 0.3 is 5.97 Å². The first-order valence-corrected chi connectivity index (χ1v) is 6.20. The van der Waals surface area contributed by atoms with Crippen LogP contribution in [0.15, 0.2) is 18.6 Å². The Kier molecular flexibility index (Phi) is 2.85. The minimum absolute atomic E-state index is 0.0221. The summed E-state index contributed by atoms with van der Waals surface area (Å²) in [5.74, 6) is -4.63. The number of rotatable bonds is 2. The minimum atomic E-state index is -3.19. The molecule has 0 spiro atoms. The molecule has 0 fully saturated rings. The van der Waals surface area contributed by atoms with E-state index < -0.39 is 23.3 Å². The van der Waals surface area contributed by atoms with Crippen LogP contribution in [0.1, 0.15) is 34.6 Å². The fourth-order valence-electron chi connectivity index (χ4n) is 2.49. The second kappa shape index (κ2) is 4.47. The molecule has 110 valence electrons. The Morgan fingerprint density at radius 1 is 1.48 bits per heavy atom. The summed E-state index contributed by atoms with van der Waals surface area (Å²) in [6.07, 6.45) is 3.51. The molecule has 1 aliphatic rings. The molecule has 0 atom stereocenters. The lowest BCUT2D eigenvalue weighted by atomic mass is 9.92. The van der Waals surface area contributed by atoms with Crippen molar-refractivity contribution in [3.63, 3.8) is 0 Å². The number of aromatic carboxylic acids is 1. The molecule has 0 bridgehead atoms. The van der Waals surface area contributed by atoms with Gasteiger partial charge in [0.25, 0.3) is 12.1 Å². The van der Waals surface area contributed by atoms with Gasteiger partial charge in [0, 0.05) is 16.7 Å². The Morgan fingerprint density at radius 3 is 2.90 bits per heavy atom. The Balaban J connectivity index is 2.28. The summed E-state index contributed by atoms with van der Waals surface area (Å²) in [5, 5.41) is 22.2. The van der Waals surface area contributed by atoms with Gasteiger partial charge in [0.15, 0.2) is 5.69 Å². The third-order valence-electron chi connectivity index (χ3n) is 3.34. The average molecular weight is 297 g/mol. The third kappa shape index (κ3) is 2.10. The molecule has 21 heavy (non-hydrogen) atoms. The zero-order valence-electron chi connectivity index (χ0n) is 10.7. The quantitative estimate of drug-likeness (QED) is 0.635. The van der Waals surface area contributed by atoms with Gasteiger partial charge < -0.3 is 5.11 Å². The highest BCUT2D eigenvalue weighted by Crippen LogP contribution is 2.41. The molecule has 0 saturated heterocycles. The van der Waals surface area contributed by atoms with E-state index in [0.29, 0.717) is 4.73 Å². The molecule has 0 amide bonds. The molecule has 2 aromatic rings. The standard InChI is InChI=1S/C12H10F2N4O3/c13-12(14)3-1-2-7-9(11(19)20)16-18(10(7)12)8-6-17(21)5-4-15-8/h4-6H,1-3H2,(H-,15,19,20,21)/p+1. The van der Waals surface area contributed by atoms with Crippen LogP contribution in [0, 0.1) is 0 Å². The van der Waals surface area contributed by atoms with Gasteiger partial charge in [-0.3, -0.25) is 5.21 Å². The second-order valence-corrected chi connectivity index (χ2v) is 4.75. The van der Waals surface area contributed by atoms with Crippen LogP contribution in [0.3, 0.4) is 0 Å². The lowest BCUT2D eigenvalue weighted by Gasteiger charge is -2.23. The lowest BCUT2D eigenvalue weighted by molar-refractivity contribution is -0.904. The molecule has 0 aliphatic heterocycles. The maximum Gasteiger partial charge on any atom is 0.356 e. The number of hydrogen-bond acceptors (Lipinski definition) is 4. The lowest BCUT2D eigenvalue weighted by Crippen LogP contribution is -2.31. The summed E-state index contributed by atoms with van der Waals surface area (Å²) < 4.78 is 29.8. The topological polar surface area (TPSA) is 92.1 Å². The summed E-state index contributed by atoms with van der Waals surface area (Å²) >= 11 is 0. The Morgan fingerprint density at radius 2 is 2.24 bits per heavy atom. The number of nitrogens with zero attached hydrogens (tertiary/aromatic N) is 4. The normalized spacial score (nSPS) is 16.5. The van der Waals surface area contributed by atoms with Crippen LogP contribution < -0.4 is 4.73 Å². The molecule has 0 unspecified atom stereocenters. The molecular formula is C12H11F2N4O3+. The highest BCUT2D eigenvalue weighted by atomic mass is 19.3. The third-order valence-corrected chi connectivity index (χ3v) is 3.34. The zero-order valence-corrected chi connectivity index (χ0v) is 10.7. The van der Waals surface area contributed by atoms with Gasteiger partial charge in [0.2, 0.25) is 12.0 Å². The van der Waals surface area contributed by atoms with E-state index in [0.717, 1.165) is 10.9 Å². The number of halogens is 2. The predicted octanol–water partition coefficient (Wildman–Crippen LogP) is 0.918. The first-order chi connectivity index (χ1) is 9.90. The van der Waals surface area contributed by atoms with Gasteiger partial charge in [-0.15, -0.1) is 0 Å². The Hall–Kier alpha value is -2.58. The Bertz CT molecular complexity index is 729. The van der Waals surface area contributed by atoms with Crippen molar-refractivity contribution in [2.75, 3.05) is 0 Å². The van der Waals surface area contributed by atoms with Crippen LogP contribution in [0.2, 0.25) is 0 Å². The van der Waals surface area contributed by atoms with Crippen LogP contribution in [0.4, 0.5) is 8.78 Å². The fraction of sp³-hybridized carbons (Fsp3) is 0.333. The monoisotopic (exact) mass is 297 g/mol. The molecule has 1 aliphatic carbocycles. The van der Waals surface area contributed by atoms with Crippen molar-refractivity contribution in [1.29, 1.82) is 0 Å². The molecule has 7 nitrogen and oxygen atoms in total. The molecule has 0 aromatic carbocycles. The van der Waals surface area contributed by atoms with Gasteiger partial charge in [-0.1, -0.05) is 0 Å². The maximum atomic E-state index is 14.2. The molecule has 9 heteroatoms. The molecule has 2 N–H and O–H groups in total. The van der Waals surface area contributed by atoms with Crippen molar-refractivity contribution in [1.82, 2.24) is 14.8 Å². The van der Waals surface area contributed by atoms with E-state index in [4.69, 9.17) is 5.11 Å². The van der Waals surface area contributed by atoms with Crippen molar-refractivity contribution in [3.8, 4) is 5.82 Å². The van der Waals surface area contributed by atoms with Gasteiger partial charge in [-0.2, -0.15) is 13.9 Å². The largest absolute Gasteiger partial charge is 0.476 e. The molecular weight excluding hydrogens is 286 g/mol. The first-order valence-electron chi connectivity index (χ1n) is 6.20. The summed E-state index contributed by atoms with van der Waals surface area (Å²) in [7, 11) is 0. The number of carboxylic acids is 1. The molecule has 2 heterocycles. The van der Waals surface area contributed by atoms with Crippen molar-refractivity contribution in [3.05, 3.63) is 35.5 Å². The van der Waals surface area contributed by atoms with Gasteiger partial charge in [-0.25, -0.2) is 14.5 Å². The van der Waals surface area contributed by atoms with E-state index >= 15 is 0 Å². The highest BCUT2D eigenvalue weighted by Gasteiger charge is 2.44.